The number of hydrogen-bond acceptors (Lipinski definition) is 3. The van der Waals surface area contributed by atoms with Gasteiger partial charge in [0.25, 0.3) is 5.76 Å². The Balaban J connectivity index is 2.71. The summed E-state index contributed by atoms with van der Waals surface area (Å²) in [7, 11) is 0. The van der Waals surface area contributed by atoms with Gasteiger partial charge in [-0.25, -0.2) is 0 Å². The Hall–Kier alpha value is -1.49. The Morgan fingerprint density at radius 3 is 2.25 bits per heavy atom. The summed E-state index contributed by atoms with van der Waals surface area (Å²) in [6, 6.07) is 7.62. The Bertz CT molecular complexity index is 529. The van der Waals surface area contributed by atoms with Crippen LogP contribution in [0.15, 0.2) is 35.2 Å². The Kier molecular flexibility index (Phi) is 2.87. The number of fused-ring (bicyclic) bond motifs is 1. The van der Waals surface area contributed by atoms with E-state index in [0.29, 0.717) is 10.8 Å². The molecule has 0 aliphatic rings. The van der Waals surface area contributed by atoms with Gasteiger partial charge in [-0.05, 0) is 0 Å². The first-order valence-electron chi connectivity index (χ1n) is 4.48. The Morgan fingerprint density at radius 2 is 1.62 bits per heavy atom. The van der Waals surface area contributed by atoms with E-state index < -0.39 is 5.76 Å². The van der Waals surface area contributed by atoms with Gasteiger partial charge in [0.2, 0.25) is 0 Å². The summed E-state index contributed by atoms with van der Waals surface area (Å²) >= 11 is 0.269. The molecule has 5 heteroatoms. The minimum Gasteiger partial charge on any atom is -0.507 e. The van der Waals surface area contributed by atoms with Gasteiger partial charge in [0.15, 0.2) is 0 Å². The van der Waals surface area contributed by atoms with Crippen LogP contribution in [-0.2, 0) is 0 Å². The number of benzene rings is 2. The number of halogens is 2. The van der Waals surface area contributed by atoms with Crippen LogP contribution in [0.2, 0.25) is 0 Å². The number of phenols is 2. The van der Waals surface area contributed by atoms with Crippen LogP contribution in [0.4, 0.5) is 8.78 Å². The number of rotatable bonds is 2. The van der Waals surface area contributed by atoms with Gasteiger partial charge >= 0.3 is 0 Å². The first-order chi connectivity index (χ1) is 7.59. The molecule has 2 aromatic carbocycles. The average molecular weight is 242 g/mol. The van der Waals surface area contributed by atoms with Gasteiger partial charge in [0.1, 0.15) is 11.5 Å². The third-order valence-electron chi connectivity index (χ3n) is 2.16. The second-order valence-corrected chi connectivity index (χ2v) is 4.17. The van der Waals surface area contributed by atoms with Crippen molar-refractivity contribution in [1.29, 1.82) is 0 Å². The molecular weight excluding hydrogens is 234 g/mol. The van der Waals surface area contributed by atoms with Crippen molar-refractivity contribution >= 4 is 22.5 Å². The van der Waals surface area contributed by atoms with Crippen LogP contribution in [0, 0.1) is 0 Å². The van der Waals surface area contributed by atoms with Crippen LogP contribution in [0.1, 0.15) is 0 Å². The van der Waals surface area contributed by atoms with Crippen LogP contribution < -0.4 is 0 Å². The highest BCUT2D eigenvalue weighted by Crippen LogP contribution is 2.42. The zero-order chi connectivity index (χ0) is 11.7. The van der Waals surface area contributed by atoms with Gasteiger partial charge in [0.05, 0.1) is 4.90 Å². The van der Waals surface area contributed by atoms with Crippen LogP contribution in [0.25, 0.3) is 10.8 Å². The summed E-state index contributed by atoms with van der Waals surface area (Å²) in [6.45, 7) is 0. The average Bonchev–Trinajstić information content (AvgIpc) is 2.24. The van der Waals surface area contributed by atoms with Gasteiger partial charge in [-0.2, -0.15) is 8.78 Å². The highest BCUT2D eigenvalue weighted by atomic mass is 32.2. The van der Waals surface area contributed by atoms with Gasteiger partial charge in [-0.1, -0.05) is 36.0 Å². The summed E-state index contributed by atoms with van der Waals surface area (Å²) in [5.74, 6) is -3.06. The number of alkyl halides is 2. The number of phenolic OH excluding ortho intramolecular Hbond substituents is 2. The van der Waals surface area contributed by atoms with Gasteiger partial charge < -0.3 is 10.2 Å². The Labute approximate surface area is 94.5 Å². The lowest BCUT2D eigenvalue weighted by Gasteiger charge is -2.09. The van der Waals surface area contributed by atoms with Crippen LogP contribution in [-0.4, -0.2) is 16.0 Å². The maximum absolute atomic E-state index is 12.3. The molecule has 0 aliphatic heterocycles. The fraction of sp³-hybridized carbons (Fsp3) is 0.0909. The minimum absolute atomic E-state index is 0.0865. The molecule has 0 bridgehead atoms. The van der Waals surface area contributed by atoms with E-state index in [4.69, 9.17) is 0 Å². The molecule has 0 unspecified atom stereocenters. The predicted molar refractivity (Wildman–Crippen MR) is 59.1 cm³/mol. The standard InChI is InChI=1S/C11H8F2O2S/c12-11(13)16-10-7-4-2-1-3-6(7)8(14)5-9(10)15/h1-5,11,14-15H. The van der Waals surface area contributed by atoms with E-state index in [9.17, 15) is 19.0 Å². The third-order valence-corrected chi connectivity index (χ3v) is 3.00. The van der Waals surface area contributed by atoms with E-state index in [1.165, 1.54) is 0 Å². The van der Waals surface area contributed by atoms with Crippen molar-refractivity contribution in [3.8, 4) is 11.5 Å². The van der Waals surface area contributed by atoms with Gasteiger partial charge in [0, 0.05) is 16.8 Å². The highest BCUT2D eigenvalue weighted by molar-refractivity contribution is 7.99. The lowest BCUT2D eigenvalue weighted by Crippen LogP contribution is -1.85. The van der Waals surface area contributed by atoms with E-state index in [1.807, 2.05) is 0 Å². The fourth-order valence-corrected chi connectivity index (χ4v) is 2.19. The first-order valence-corrected chi connectivity index (χ1v) is 5.36. The lowest BCUT2D eigenvalue weighted by molar-refractivity contribution is 0.252. The minimum atomic E-state index is -2.61. The molecule has 0 atom stereocenters. The fourth-order valence-electron chi connectivity index (χ4n) is 1.53. The number of thioether (sulfide) groups is 1. The van der Waals surface area contributed by atoms with Crippen LogP contribution in [0.5, 0.6) is 11.5 Å². The molecule has 0 saturated carbocycles. The van der Waals surface area contributed by atoms with Crippen molar-refractivity contribution in [2.75, 3.05) is 0 Å². The van der Waals surface area contributed by atoms with E-state index >= 15 is 0 Å². The molecule has 0 spiro atoms. The zero-order valence-corrected chi connectivity index (χ0v) is 8.84. The number of aromatic hydroxyl groups is 2. The quantitative estimate of drug-likeness (QED) is 0.791. The zero-order valence-electron chi connectivity index (χ0n) is 8.02. The molecule has 0 amide bonds. The van der Waals surface area contributed by atoms with Crippen molar-refractivity contribution in [1.82, 2.24) is 0 Å². The number of hydrogen-bond donors (Lipinski definition) is 2. The molecule has 0 aromatic heterocycles. The highest BCUT2D eigenvalue weighted by Gasteiger charge is 2.15. The summed E-state index contributed by atoms with van der Waals surface area (Å²) in [5, 5.41) is 19.9. The SMILES string of the molecule is Oc1cc(O)c2ccccc2c1SC(F)F. The van der Waals surface area contributed by atoms with Crippen molar-refractivity contribution < 1.29 is 19.0 Å². The molecule has 0 aliphatic carbocycles. The molecule has 2 rings (SSSR count). The van der Waals surface area contributed by atoms with E-state index in [0.717, 1.165) is 6.07 Å². The molecule has 0 radical (unpaired) electrons. The molecule has 0 heterocycles. The molecule has 2 nitrogen and oxygen atoms in total. The molecule has 0 saturated heterocycles. The summed E-state index contributed by atoms with van der Waals surface area (Å²) < 4.78 is 24.6. The molecule has 84 valence electrons. The second kappa shape index (κ2) is 4.17. The lowest BCUT2D eigenvalue weighted by atomic mass is 10.1. The van der Waals surface area contributed by atoms with Crippen molar-refractivity contribution in [2.45, 2.75) is 10.7 Å². The topological polar surface area (TPSA) is 40.5 Å². The molecule has 2 aromatic rings. The molecular formula is C11H8F2O2S. The summed E-state index contributed by atoms with van der Waals surface area (Å²) in [6.07, 6.45) is 0. The van der Waals surface area contributed by atoms with Crippen molar-refractivity contribution in [3.05, 3.63) is 30.3 Å². The summed E-state index contributed by atoms with van der Waals surface area (Å²) in [5.41, 5.74) is 0. The maximum Gasteiger partial charge on any atom is 0.289 e. The van der Waals surface area contributed by atoms with Crippen LogP contribution in [0.3, 0.4) is 0 Å². The van der Waals surface area contributed by atoms with E-state index in [2.05, 4.69) is 0 Å². The van der Waals surface area contributed by atoms with Gasteiger partial charge in [-0.3, -0.25) is 0 Å². The predicted octanol–water partition coefficient (Wildman–Crippen LogP) is 3.57. The van der Waals surface area contributed by atoms with E-state index in [-0.39, 0.29) is 28.2 Å². The van der Waals surface area contributed by atoms with Crippen LogP contribution >= 0.6 is 11.8 Å². The largest absolute Gasteiger partial charge is 0.507 e. The van der Waals surface area contributed by atoms with Crippen molar-refractivity contribution in [3.63, 3.8) is 0 Å². The summed E-state index contributed by atoms with van der Waals surface area (Å²) in [4.78, 5) is 0.0865. The normalized spacial score (nSPS) is 11.2. The Morgan fingerprint density at radius 1 is 1.00 bits per heavy atom. The smallest absolute Gasteiger partial charge is 0.289 e. The van der Waals surface area contributed by atoms with Gasteiger partial charge in [-0.15, -0.1) is 0 Å². The monoisotopic (exact) mass is 242 g/mol. The van der Waals surface area contributed by atoms with E-state index in [1.54, 1.807) is 24.3 Å². The van der Waals surface area contributed by atoms with Crippen molar-refractivity contribution in [2.24, 2.45) is 0 Å². The molecule has 2 N–H and O–H groups in total. The maximum atomic E-state index is 12.3. The molecule has 16 heavy (non-hydrogen) atoms. The first kappa shape index (κ1) is 11.0. The molecule has 0 fully saturated rings. The third kappa shape index (κ3) is 1.90. The second-order valence-electron chi connectivity index (χ2n) is 3.17.